The van der Waals surface area contributed by atoms with Crippen molar-refractivity contribution >= 4 is 24.8 Å². The lowest BCUT2D eigenvalue weighted by atomic mass is 10.1. The van der Waals surface area contributed by atoms with Gasteiger partial charge in [-0.15, -0.1) is 0 Å². The highest BCUT2D eigenvalue weighted by atomic mass is 31.2. The average molecular weight is 470 g/mol. The number of aromatic nitrogens is 6. The first-order valence-electron chi connectivity index (χ1n) is 9.54. The molecule has 1 aliphatic heterocycles. The van der Waals surface area contributed by atoms with Gasteiger partial charge in [-0.25, -0.2) is 24.5 Å². The predicted octanol–water partition coefficient (Wildman–Crippen LogP) is -1.55. The molecule has 0 saturated carbocycles. The zero-order valence-electron chi connectivity index (χ0n) is 16.6. The molecule has 0 spiro atoms. The molecule has 1 saturated heterocycles. The third kappa shape index (κ3) is 4.79. The zero-order valence-corrected chi connectivity index (χ0v) is 17.5. The number of rotatable bonds is 9. The molecule has 174 valence electrons. The number of phosphoric acid groups is 1. The number of phosphoric ester groups is 1. The van der Waals surface area contributed by atoms with Gasteiger partial charge in [0.25, 0.3) is 0 Å². The lowest BCUT2D eigenvalue weighted by molar-refractivity contribution is -0.0515. The van der Waals surface area contributed by atoms with Crippen molar-refractivity contribution in [2.24, 2.45) is 5.73 Å². The lowest BCUT2D eigenvalue weighted by Crippen LogP contribution is -2.34. The molecule has 16 heteroatoms. The average Bonchev–Trinajstić information content (AvgIpc) is 3.47. The largest absolute Gasteiger partial charge is 0.472 e. The van der Waals surface area contributed by atoms with E-state index in [9.17, 15) is 19.7 Å². The molecule has 1 fully saturated rings. The van der Waals surface area contributed by atoms with Gasteiger partial charge in [-0.1, -0.05) is 0 Å². The summed E-state index contributed by atoms with van der Waals surface area (Å²) in [6, 6.07) is -0.581. The number of nitrogens with zero attached hydrogens (tertiary/aromatic N) is 5. The van der Waals surface area contributed by atoms with Crippen LogP contribution in [0.15, 0.2) is 25.2 Å². The standard InChI is InChI=1S/C16H23N8O7P/c17-8(1-9-2-19-5-20-9)3-29-32(27,28)30-4-10-12(25)13(26)16(31-10)24-7-23-11-14(18)21-6-22-15(11)24/h2,5-8,10,12-13,16,25-26H,1,3-4,17H2,(H,19,20)(H,27,28)(H2,18,21,22)/t8-,10+,12+,13+,16+/m0/s1. The van der Waals surface area contributed by atoms with E-state index in [1.54, 1.807) is 6.20 Å². The van der Waals surface area contributed by atoms with Crippen LogP contribution in [0, 0.1) is 0 Å². The van der Waals surface area contributed by atoms with E-state index in [2.05, 4.69) is 24.9 Å². The number of aromatic amines is 1. The number of fused-ring (bicyclic) bond motifs is 1. The van der Waals surface area contributed by atoms with Crippen molar-refractivity contribution in [3.05, 3.63) is 30.9 Å². The number of nitrogen functional groups attached to an aromatic ring is 1. The van der Waals surface area contributed by atoms with Crippen LogP contribution in [-0.4, -0.2) is 82.2 Å². The molecule has 0 radical (unpaired) electrons. The van der Waals surface area contributed by atoms with E-state index in [0.717, 1.165) is 5.69 Å². The van der Waals surface area contributed by atoms with Crippen molar-refractivity contribution in [2.75, 3.05) is 18.9 Å². The molecule has 3 aromatic heterocycles. The Morgan fingerprint density at radius 1 is 1.28 bits per heavy atom. The second-order valence-electron chi connectivity index (χ2n) is 7.23. The number of hydrogen-bond donors (Lipinski definition) is 6. The highest BCUT2D eigenvalue weighted by Crippen LogP contribution is 2.44. The Kier molecular flexibility index (Phi) is 6.50. The number of hydrogen-bond acceptors (Lipinski definition) is 12. The number of nitrogens with one attached hydrogen (secondary N) is 1. The maximum atomic E-state index is 12.2. The molecule has 0 aromatic carbocycles. The minimum atomic E-state index is -4.50. The summed E-state index contributed by atoms with van der Waals surface area (Å²) >= 11 is 0. The molecule has 32 heavy (non-hydrogen) atoms. The molecule has 1 aliphatic rings. The molecule has 4 heterocycles. The predicted molar refractivity (Wildman–Crippen MR) is 108 cm³/mol. The van der Waals surface area contributed by atoms with Gasteiger partial charge < -0.3 is 36.3 Å². The van der Waals surface area contributed by atoms with Crippen LogP contribution in [0.4, 0.5) is 5.82 Å². The molecule has 1 unspecified atom stereocenters. The third-order valence-corrected chi connectivity index (χ3v) is 5.84. The van der Waals surface area contributed by atoms with E-state index in [0.29, 0.717) is 11.9 Å². The summed E-state index contributed by atoms with van der Waals surface area (Å²) in [4.78, 5) is 28.6. The summed E-state index contributed by atoms with van der Waals surface area (Å²) < 4.78 is 29.1. The van der Waals surface area contributed by atoms with Crippen molar-refractivity contribution in [3.63, 3.8) is 0 Å². The SMILES string of the molecule is Nc1ncnc2c1ncn2[C@@H]1O[C@H](COP(=O)(O)OC[C@@H](N)Cc2cnc[nH]2)[C@@H](O)[C@H]1O. The number of nitrogens with two attached hydrogens (primary N) is 2. The van der Waals surface area contributed by atoms with Crippen LogP contribution in [0.2, 0.25) is 0 Å². The lowest BCUT2D eigenvalue weighted by Gasteiger charge is -2.19. The van der Waals surface area contributed by atoms with Crippen molar-refractivity contribution in [1.82, 2.24) is 29.5 Å². The Labute approximate surface area is 181 Å². The molecule has 3 aromatic rings. The van der Waals surface area contributed by atoms with Crippen LogP contribution in [0.1, 0.15) is 11.9 Å². The van der Waals surface area contributed by atoms with Crippen molar-refractivity contribution < 1.29 is 33.5 Å². The number of H-pyrrole nitrogens is 1. The summed E-state index contributed by atoms with van der Waals surface area (Å²) in [6.45, 7) is -0.781. The first kappa shape index (κ1) is 22.7. The number of aliphatic hydroxyl groups is 2. The van der Waals surface area contributed by atoms with Gasteiger partial charge in [0, 0.05) is 24.4 Å². The Morgan fingerprint density at radius 3 is 2.84 bits per heavy atom. The van der Waals surface area contributed by atoms with Crippen LogP contribution in [-0.2, 0) is 24.8 Å². The fourth-order valence-electron chi connectivity index (χ4n) is 3.29. The molecule has 6 atom stereocenters. The Balaban J connectivity index is 1.34. The number of imidazole rings is 2. The van der Waals surface area contributed by atoms with Gasteiger partial charge in [0.2, 0.25) is 0 Å². The van der Waals surface area contributed by atoms with Crippen LogP contribution in [0.3, 0.4) is 0 Å². The zero-order chi connectivity index (χ0) is 22.9. The molecule has 8 N–H and O–H groups in total. The molecule has 4 rings (SSSR count). The Morgan fingerprint density at radius 2 is 2.09 bits per heavy atom. The molecule has 0 aliphatic carbocycles. The fourth-order valence-corrected chi connectivity index (χ4v) is 4.08. The van der Waals surface area contributed by atoms with Crippen LogP contribution in [0.5, 0.6) is 0 Å². The van der Waals surface area contributed by atoms with Crippen LogP contribution in [0.25, 0.3) is 11.2 Å². The third-order valence-electron chi connectivity index (χ3n) is 4.89. The van der Waals surface area contributed by atoms with Gasteiger partial charge in [0.1, 0.15) is 30.2 Å². The van der Waals surface area contributed by atoms with Crippen molar-refractivity contribution in [1.29, 1.82) is 0 Å². The fraction of sp³-hybridized carbons (Fsp3) is 0.500. The minimum Gasteiger partial charge on any atom is -0.387 e. The maximum absolute atomic E-state index is 12.2. The molecular formula is C16H23N8O7P. The second-order valence-corrected chi connectivity index (χ2v) is 8.68. The first-order valence-corrected chi connectivity index (χ1v) is 11.0. The maximum Gasteiger partial charge on any atom is 0.472 e. The van der Waals surface area contributed by atoms with Crippen LogP contribution >= 0.6 is 7.82 Å². The molecular weight excluding hydrogens is 447 g/mol. The number of anilines is 1. The highest BCUT2D eigenvalue weighted by molar-refractivity contribution is 7.47. The van der Waals surface area contributed by atoms with Gasteiger partial charge in [-0.05, 0) is 0 Å². The normalized spacial score (nSPS) is 26.4. The summed E-state index contributed by atoms with van der Waals surface area (Å²) in [7, 11) is -4.50. The van der Waals surface area contributed by atoms with Crippen LogP contribution < -0.4 is 11.5 Å². The molecule has 0 amide bonds. The summed E-state index contributed by atoms with van der Waals surface area (Å²) in [5.41, 5.74) is 13.0. The highest BCUT2D eigenvalue weighted by Gasteiger charge is 2.45. The van der Waals surface area contributed by atoms with E-state index in [-0.39, 0.29) is 18.1 Å². The smallest absolute Gasteiger partial charge is 0.387 e. The monoisotopic (exact) mass is 470 g/mol. The summed E-state index contributed by atoms with van der Waals surface area (Å²) in [6.07, 6.45) is 0.967. The van der Waals surface area contributed by atoms with E-state index in [1.165, 1.54) is 23.5 Å². The van der Waals surface area contributed by atoms with E-state index in [4.69, 9.17) is 25.3 Å². The van der Waals surface area contributed by atoms with Gasteiger partial charge >= 0.3 is 7.82 Å². The van der Waals surface area contributed by atoms with Crippen molar-refractivity contribution in [3.8, 4) is 0 Å². The van der Waals surface area contributed by atoms with Crippen molar-refractivity contribution in [2.45, 2.75) is 37.0 Å². The van der Waals surface area contributed by atoms with E-state index < -0.39 is 45.0 Å². The Bertz CT molecular complexity index is 1100. The molecule has 15 nitrogen and oxygen atoms in total. The number of aliphatic hydroxyl groups excluding tert-OH is 2. The summed E-state index contributed by atoms with van der Waals surface area (Å²) in [5.74, 6) is 0.144. The van der Waals surface area contributed by atoms with E-state index in [1.807, 2.05) is 0 Å². The number of ether oxygens (including phenoxy) is 1. The Hall–Kier alpha value is -2.49. The molecule has 0 bridgehead atoms. The van der Waals surface area contributed by atoms with Gasteiger partial charge in [0.05, 0.1) is 25.9 Å². The van der Waals surface area contributed by atoms with Gasteiger partial charge in [-0.2, -0.15) is 0 Å². The first-order chi connectivity index (χ1) is 15.2. The minimum absolute atomic E-state index is 0.144. The van der Waals surface area contributed by atoms with E-state index >= 15 is 0 Å². The summed E-state index contributed by atoms with van der Waals surface area (Å²) in [5, 5.41) is 20.7. The quantitative estimate of drug-likeness (QED) is 0.195. The van der Waals surface area contributed by atoms with Gasteiger partial charge in [0.15, 0.2) is 17.7 Å². The second kappa shape index (κ2) is 9.17. The van der Waals surface area contributed by atoms with Gasteiger partial charge in [-0.3, -0.25) is 13.6 Å². The topological polar surface area (TPSA) is 230 Å².